The van der Waals surface area contributed by atoms with Crippen molar-refractivity contribution in [3.05, 3.63) is 58.0 Å². The van der Waals surface area contributed by atoms with Gasteiger partial charge in [0.15, 0.2) is 0 Å². The van der Waals surface area contributed by atoms with Crippen LogP contribution in [0.5, 0.6) is 0 Å². The fraction of sp³-hybridized carbons (Fsp3) is 0.400. The first-order chi connectivity index (χ1) is 13.2. The lowest BCUT2D eigenvalue weighted by Gasteiger charge is -2.38. The molecule has 5 nitrogen and oxygen atoms in total. The lowest BCUT2D eigenvalue weighted by molar-refractivity contribution is -0.202. The Hall–Kier alpha value is -2.61. The maximum atomic E-state index is 13.1. The molecule has 1 amide bonds. The van der Waals surface area contributed by atoms with E-state index in [1.807, 2.05) is 30.3 Å². The molecule has 2 N–H and O–H groups in total. The molecule has 1 aliphatic rings. The van der Waals surface area contributed by atoms with E-state index in [4.69, 9.17) is 0 Å². The van der Waals surface area contributed by atoms with Crippen LogP contribution in [-0.4, -0.2) is 46.8 Å². The van der Waals surface area contributed by atoms with E-state index in [1.165, 1.54) is 11.0 Å². The minimum atomic E-state index is -4.43. The van der Waals surface area contributed by atoms with Crippen molar-refractivity contribution in [3.8, 4) is 11.1 Å². The number of hydrogen-bond donors (Lipinski definition) is 2. The number of carbonyl (C=O) groups is 1. The first-order valence-corrected chi connectivity index (χ1v) is 8.98. The number of alkyl halides is 3. The highest BCUT2D eigenvalue weighted by molar-refractivity contribution is 5.95. The largest absolute Gasteiger partial charge is 0.396 e. The molecule has 2 atom stereocenters. The minimum absolute atomic E-state index is 0.118. The van der Waals surface area contributed by atoms with Crippen LogP contribution in [0.25, 0.3) is 11.1 Å². The summed E-state index contributed by atoms with van der Waals surface area (Å²) in [7, 11) is 0. The molecule has 8 heteroatoms. The summed E-state index contributed by atoms with van der Waals surface area (Å²) in [6.07, 6.45) is -4.72. The number of H-pyrrole nitrogens is 1. The van der Waals surface area contributed by atoms with Crippen LogP contribution in [0.1, 0.15) is 22.5 Å². The summed E-state index contributed by atoms with van der Waals surface area (Å²) >= 11 is 0. The molecule has 3 rings (SSSR count). The van der Waals surface area contributed by atoms with E-state index < -0.39 is 36.1 Å². The standard InChI is InChI=1S/C20H21F3N2O3/c1-12-15(13-5-3-2-4-6-13)9-16(18(27)24-12)19(28)25-8-7-17(20(21,22)23)14(10-25)11-26/h2-6,9,14,17,26H,7-8,10-11H2,1H3,(H,24,27). The van der Waals surface area contributed by atoms with E-state index in [9.17, 15) is 27.9 Å². The van der Waals surface area contributed by atoms with Gasteiger partial charge < -0.3 is 15.0 Å². The van der Waals surface area contributed by atoms with E-state index in [-0.39, 0.29) is 25.1 Å². The average molecular weight is 394 g/mol. The molecule has 0 spiro atoms. The van der Waals surface area contributed by atoms with Gasteiger partial charge in [0.2, 0.25) is 0 Å². The summed E-state index contributed by atoms with van der Waals surface area (Å²) in [5.41, 5.74) is 1.38. The zero-order chi connectivity index (χ0) is 20.5. The van der Waals surface area contributed by atoms with E-state index in [2.05, 4.69) is 4.98 Å². The number of likely N-dealkylation sites (tertiary alicyclic amines) is 1. The molecular weight excluding hydrogens is 373 g/mol. The summed E-state index contributed by atoms with van der Waals surface area (Å²) in [4.78, 5) is 29.1. The van der Waals surface area contributed by atoms with Crippen molar-refractivity contribution in [1.29, 1.82) is 0 Å². The minimum Gasteiger partial charge on any atom is -0.396 e. The highest BCUT2D eigenvalue weighted by atomic mass is 19.4. The van der Waals surface area contributed by atoms with Gasteiger partial charge in [-0.25, -0.2) is 0 Å². The van der Waals surface area contributed by atoms with Crippen LogP contribution in [0.4, 0.5) is 13.2 Å². The van der Waals surface area contributed by atoms with Crippen LogP contribution >= 0.6 is 0 Å². The van der Waals surface area contributed by atoms with Crippen molar-refractivity contribution in [1.82, 2.24) is 9.88 Å². The molecule has 0 saturated carbocycles. The first-order valence-electron chi connectivity index (χ1n) is 8.98. The second-order valence-corrected chi connectivity index (χ2v) is 7.05. The maximum Gasteiger partial charge on any atom is 0.392 e. The number of nitrogens with one attached hydrogen (secondary N) is 1. The van der Waals surface area contributed by atoms with Gasteiger partial charge in [-0.15, -0.1) is 0 Å². The lowest BCUT2D eigenvalue weighted by atomic mass is 9.85. The second-order valence-electron chi connectivity index (χ2n) is 7.05. The number of aliphatic hydroxyl groups excluding tert-OH is 1. The van der Waals surface area contributed by atoms with Gasteiger partial charge in [-0.3, -0.25) is 9.59 Å². The summed E-state index contributed by atoms with van der Waals surface area (Å²) in [6.45, 7) is 0.684. The molecule has 1 fully saturated rings. The number of aromatic amines is 1. The molecule has 0 aliphatic carbocycles. The van der Waals surface area contributed by atoms with Crippen LogP contribution in [0, 0.1) is 18.8 Å². The molecule has 2 unspecified atom stereocenters. The number of amides is 1. The van der Waals surface area contributed by atoms with Crippen molar-refractivity contribution < 1.29 is 23.1 Å². The van der Waals surface area contributed by atoms with Gasteiger partial charge >= 0.3 is 6.18 Å². The second kappa shape index (κ2) is 7.79. The molecule has 28 heavy (non-hydrogen) atoms. The average Bonchev–Trinajstić information content (AvgIpc) is 2.67. The zero-order valence-corrected chi connectivity index (χ0v) is 15.3. The van der Waals surface area contributed by atoms with E-state index in [0.29, 0.717) is 11.3 Å². The summed E-state index contributed by atoms with van der Waals surface area (Å²) in [5, 5.41) is 9.37. The Labute approximate surface area is 159 Å². The van der Waals surface area contributed by atoms with Crippen LogP contribution in [0.3, 0.4) is 0 Å². The molecule has 1 aliphatic heterocycles. The number of pyridine rings is 1. The van der Waals surface area contributed by atoms with E-state index in [1.54, 1.807) is 6.92 Å². The Bertz CT molecular complexity index is 909. The molecule has 1 saturated heterocycles. The number of piperidine rings is 1. The number of halogens is 3. The van der Waals surface area contributed by atoms with E-state index in [0.717, 1.165) is 5.56 Å². The summed E-state index contributed by atoms with van der Waals surface area (Å²) in [5.74, 6) is -3.38. The Balaban J connectivity index is 1.90. The van der Waals surface area contributed by atoms with Crippen molar-refractivity contribution in [3.63, 3.8) is 0 Å². The lowest BCUT2D eigenvalue weighted by Crippen LogP contribution is -2.49. The number of nitrogens with zero attached hydrogens (tertiary/aromatic N) is 1. The van der Waals surface area contributed by atoms with Gasteiger partial charge in [-0.1, -0.05) is 30.3 Å². The van der Waals surface area contributed by atoms with Crippen molar-refractivity contribution >= 4 is 5.91 Å². The van der Waals surface area contributed by atoms with Crippen molar-refractivity contribution in [2.45, 2.75) is 19.5 Å². The van der Waals surface area contributed by atoms with Crippen LogP contribution < -0.4 is 5.56 Å². The van der Waals surface area contributed by atoms with Gasteiger partial charge in [0.1, 0.15) is 5.56 Å². The fourth-order valence-corrected chi connectivity index (χ4v) is 3.70. The predicted molar refractivity (Wildman–Crippen MR) is 97.9 cm³/mol. The number of hydrogen-bond acceptors (Lipinski definition) is 3. The van der Waals surface area contributed by atoms with Gasteiger partial charge in [-0.2, -0.15) is 13.2 Å². The molecule has 0 radical (unpaired) electrons. The molecule has 2 aromatic rings. The third-order valence-corrected chi connectivity index (χ3v) is 5.23. The van der Waals surface area contributed by atoms with Crippen LogP contribution in [0.2, 0.25) is 0 Å². The monoisotopic (exact) mass is 394 g/mol. The third-order valence-electron chi connectivity index (χ3n) is 5.23. The normalized spacial score (nSPS) is 20.2. The smallest absolute Gasteiger partial charge is 0.392 e. The van der Waals surface area contributed by atoms with E-state index >= 15 is 0 Å². The molecule has 0 bridgehead atoms. The zero-order valence-electron chi connectivity index (χ0n) is 15.3. The van der Waals surface area contributed by atoms with Crippen LogP contribution in [-0.2, 0) is 0 Å². The number of aromatic nitrogens is 1. The Morgan fingerprint density at radius 1 is 1.29 bits per heavy atom. The Morgan fingerprint density at radius 3 is 2.57 bits per heavy atom. The number of aliphatic hydroxyl groups is 1. The summed E-state index contributed by atoms with van der Waals surface area (Å²) < 4.78 is 39.3. The molecular formula is C20H21F3N2O3. The fourth-order valence-electron chi connectivity index (χ4n) is 3.70. The SMILES string of the molecule is Cc1[nH]c(=O)c(C(=O)N2CCC(C(F)(F)F)C(CO)C2)cc1-c1ccccc1. The maximum absolute atomic E-state index is 13.1. The quantitative estimate of drug-likeness (QED) is 0.841. The molecule has 150 valence electrons. The molecule has 2 heterocycles. The Morgan fingerprint density at radius 2 is 1.96 bits per heavy atom. The number of carbonyl (C=O) groups excluding carboxylic acids is 1. The number of aryl methyl sites for hydroxylation is 1. The predicted octanol–water partition coefficient (Wildman–Crippen LogP) is 2.98. The van der Waals surface area contributed by atoms with Gasteiger partial charge in [0.05, 0.1) is 5.92 Å². The molecule has 1 aromatic carbocycles. The number of rotatable bonds is 3. The highest BCUT2D eigenvalue weighted by Crippen LogP contribution is 2.38. The first kappa shape index (κ1) is 20.1. The third kappa shape index (κ3) is 3.96. The van der Waals surface area contributed by atoms with Gasteiger partial charge in [0, 0.05) is 36.9 Å². The topological polar surface area (TPSA) is 73.4 Å². The van der Waals surface area contributed by atoms with Crippen molar-refractivity contribution in [2.24, 2.45) is 11.8 Å². The van der Waals surface area contributed by atoms with Crippen LogP contribution in [0.15, 0.2) is 41.2 Å². The summed E-state index contributed by atoms with van der Waals surface area (Å²) in [6, 6.07) is 10.7. The van der Waals surface area contributed by atoms with Gasteiger partial charge in [0.25, 0.3) is 11.5 Å². The molecule has 1 aromatic heterocycles. The number of benzene rings is 1. The highest BCUT2D eigenvalue weighted by Gasteiger charge is 2.47. The Kier molecular flexibility index (Phi) is 5.60. The van der Waals surface area contributed by atoms with Gasteiger partial charge in [-0.05, 0) is 25.0 Å². The van der Waals surface area contributed by atoms with Crippen molar-refractivity contribution in [2.75, 3.05) is 19.7 Å².